The quantitative estimate of drug-likeness (QED) is 0.815. The molecule has 0 N–H and O–H groups in total. The minimum absolute atomic E-state index is 0.235. The van der Waals surface area contributed by atoms with Crippen LogP contribution in [0.3, 0.4) is 0 Å². The maximum absolute atomic E-state index is 13.6. The summed E-state index contributed by atoms with van der Waals surface area (Å²) in [5.41, 5.74) is 1.53. The first kappa shape index (κ1) is 14.9. The highest BCUT2D eigenvalue weighted by atomic mass is 19.1. The normalized spacial score (nSPS) is 9.95. The summed E-state index contributed by atoms with van der Waals surface area (Å²) in [6.45, 7) is 1.04. The van der Waals surface area contributed by atoms with E-state index in [0.29, 0.717) is 25.3 Å². The van der Waals surface area contributed by atoms with Crippen molar-refractivity contribution in [1.29, 1.82) is 5.26 Å². The van der Waals surface area contributed by atoms with Crippen LogP contribution in [0.1, 0.15) is 5.56 Å². The van der Waals surface area contributed by atoms with Gasteiger partial charge in [0.15, 0.2) is 0 Å². The lowest BCUT2D eigenvalue weighted by Crippen LogP contribution is -2.24. The maximum Gasteiger partial charge on any atom is 0.146 e. The smallest absolute Gasteiger partial charge is 0.146 e. The molecule has 0 heterocycles. The lowest BCUT2D eigenvalue weighted by atomic mass is 10.2. The fourth-order valence-corrected chi connectivity index (χ4v) is 1.98. The van der Waals surface area contributed by atoms with E-state index < -0.39 is 0 Å². The first-order chi connectivity index (χ1) is 10.2. The Kier molecular flexibility index (Phi) is 5.16. The lowest BCUT2D eigenvalue weighted by Gasteiger charge is -2.20. The molecular weight excluding hydrogens is 267 g/mol. The highest BCUT2D eigenvalue weighted by Gasteiger charge is 2.06. The summed E-state index contributed by atoms with van der Waals surface area (Å²) in [6, 6.07) is 16.2. The maximum atomic E-state index is 13.6. The van der Waals surface area contributed by atoms with Crippen molar-refractivity contribution in [3.05, 3.63) is 59.9 Å². The molecule has 0 aliphatic carbocycles. The summed E-state index contributed by atoms with van der Waals surface area (Å²) in [6.07, 6.45) is 0.399. The van der Waals surface area contributed by atoms with Crippen molar-refractivity contribution >= 4 is 5.69 Å². The van der Waals surface area contributed by atoms with E-state index >= 15 is 0 Å². The van der Waals surface area contributed by atoms with Crippen LogP contribution in [0.5, 0.6) is 5.75 Å². The van der Waals surface area contributed by atoms with E-state index in [4.69, 9.17) is 10.00 Å². The van der Waals surface area contributed by atoms with Crippen LogP contribution in [0.25, 0.3) is 0 Å². The third-order valence-corrected chi connectivity index (χ3v) is 3.17. The Morgan fingerprint density at radius 2 is 1.86 bits per heavy atom. The van der Waals surface area contributed by atoms with Gasteiger partial charge in [0.2, 0.25) is 0 Å². The first-order valence-corrected chi connectivity index (χ1v) is 6.75. The molecule has 0 atom stereocenters. The summed E-state index contributed by atoms with van der Waals surface area (Å²) >= 11 is 0. The number of nitrogens with zero attached hydrogens (tertiary/aromatic N) is 2. The zero-order chi connectivity index (χ0) is 15.1. The Balaban J connectivity index is 1.84. The van der Waals surface area contributed by atoms with Crippen molar-refractivity contribution in [1.82, 2.24) is 0 Å². The molecule has 0 aliphatic rings. The van der Waals surface area contributed by atoms with Gasteiger partial charge in [-0.25, -0.2) is 4.39 Å². The molecule has 0 amide bonds. The molecule has 108 valence electrons. The number of nitriles is 1. The molecule has 2 aromatic rings. The van der Waals surface area contributed by atoms with Crippen LogP contribution in [0.4, 0.5) is 10.1 Å². The monoisotopic (exact) mass is 284 g/mol. The summed E-state index contributed by atoms with van der Waals surface area (Å²) in [4.78, 5) is 1.82. The van der Waals surface area contributed by atoms with E-state index in [1.165, 1.54) is 6.07 Å². The second kappa shape index (κ2) is 7.30. The molecule has 2 rings (SSSR count). The molecule has 21 heavy (non-hydrogen) atoms. The number of hydrogen-bond acceptors (Lipinski definition) is 3. The first-order valence-electron chi connectivity index (χ1n) is 6.75. The van der Waals surface area contributed by atoms with Crippen LogP contribution in [0.2, 0.25) is 0 Å². The number of benzene rings is 2. The summed E-state index contributed by atoms with van der Waals surface area (Å²) in [5.74, 6) is 0.513. The Hall–Kier alpha value is -2.54. The number of anilines is 1. The number of rotatable bonds is 6. The van der Waals surface area contributed by atoms with Crippen LogP contribution >= 0.6 is 0 Å². The number of ether oxygens (including phenoxy) is 1. The highest BCUT2D eigenvalue weighted by molar-refractivity contribution is 5.46. The standard InChI is InChI=1S/C17H17FN2O/c1-20(17-5-3-2-4-16(17)18)12-13-21-15-8-6-14(7-9-15)10-11-19/h2-9H,10,12-13H2,1H3. The highest BCUT2D eigenvalue weighted by Crippen LogP contribution is 2.17. The SMILES string of the molecule is CN(CCOc1ccc(CC#N)cc1)c1ccccc1F. The molecule has 2 aromatic carbocycles. The van der Waals surface area contributed by atoms with Crippen molar-refractivity contribution in [2.45, 2.75) is 6.42 Å². The molecule has 0 spiro atoms. The predicted molar refractivity (Wildman–Crippen MR) is 80.9 cm³/mol. The summed E-state index contributed by atoms with van der Waals surface area (Å²) in [7, 11) is 1.83. The number of hydrogen-bond donors (Lipinski definition) is 0. The van der Waals surface area contributed by atoms with Gasteiger partial charge in [-0.05, 0) is 29.8 Å². The van der Waals surface area contributed by atoms with Gasteiger partial charge in [0.25, 0.3) is 0 Å². The van der Waals surface area contributed by atoms with E-state index in [1.54, 1.807) is 12.1 Å². The van der Waals surface area contributed by atoms with Crippen LogP contribution < -0.4 is 9.64 Å². The Morgan fingerprint density at radius 1 is 1.14 bits per heavy atom. The van der Waals surface area contributed by atoms with E-state index in [1.807, 2.05) is 42.3 Å². The zero-order valence-electron chi connectivity index (χ0n) is 11.9. The van der Waals surface area contributed by atoms with Crippen LogP contribution in [-0.4, -0.2) is 20.2 Å². The van der Waals surface area contributed by atoms with E-state index in [-0.39, 0.29) is 5.82 Å². The number of halogens is 1. The Labute approximate surface area is 124 Å². The molecule has 0 bridgehead atoms. The van der Waals surface area contributed by atoms with Gasteiger partial charge in [0.1, 0.15) is 18.2 Å². The van der Waals surface area contributed by atoms with Crippen LogP contribution in [-0.2, 0) is 6.42 Å². The summed E-state index contributed by atoms with van der Waals surface area (Å²) in [5, 5.41) is 8.60. The second-order valence-corrected chi connectivity index (χ2v) is 4.70. The van der Waals surface area contributed by atoms with Crippen molar-refractivity contribution in [3.63, 3.8) is 0 Å². The number of para-hydroxylation sites is 1. The molecular formula is C17H17FN2O. The van der Waals surface area contributed by atoms with Crippen molar-refractivity contribution in [2.75, 3.05) is 25.1 Å². The van der Waals surface area contributed by atoms with Crippen LogP contribution in [0, 0.1) is 17.1 Å². The lowest BCUT2D eigenvalue weighted by molar-refractivity contribution is 0.325. The molecule has 0 aliphatic heterocycles. The van der Waals surface area contributed by atoms with E-state index in [0.717, 1.165) is 11.3 Å². The molecule has 0 unspecified atom stereocenters. The molecule has 0 aromatic heterocycles. The largest absolute Gasteiger partial charge is 0.492 e. The van der Waals surface area contributed by atoms with Gasteiger partial charge >= 0.3 is 0 Å². The van der Waals surface area contributed by atoms with Gasteiger partial charge in [-0.15, -0.1) is 0 Å². The average molecular weight is 284 g/mol. The van der Waals surface area contributed by atoms with Crippen molar-refractivity contribution in [2.24, 2.45) is 0 Å². The topological polar surface area (TPSA) is 36.3 Å². The fraction of sp³-hybridized carbons (Fsp3) is 0.235. The van der Waals surface area contributed by atoms with Gasteiger partial charge in [-0.1, -0.05) is 24.3 Å². The molecule has 0 fully saturated rings. The second-order valence-electron chi connectivity index (χ2n) is 4.70. The summed E-state index contributed by atoms with van der Waals surface area (Å²) < 4.78 is 19.2. The predicted octanol–water partition coefficient (Wildman–Crippen LogP) is 3.41. The third-order valence-electron chi connectivity index (χ3n) is 3.17. The Bertz CT molecular complexity index is 619. The van der Waals surface area contributed by atoms with Gasteiger partial charge in [-0.2, -0.15) is 5.26 Å². The van der Waals surface area contributed by atoms with Gasteiger partial charge < -0.3 is 9.64 Å². The van der Waals surface area contributed by atoms with Gasteiger partial charge in [-0.3, -0.25) is 0 Å². The van der Waals surface area contributed by atoms with Gasteiger partial charge in [0.05, 0.1) is 24.7 Å². The van der Waals surface area contributed by atoms with Gasteiger partial charge in [0, 0.05) is 7.05 Å². The Morgan fingerprint density at radius 3 is 2.52 bits per heavy atom. The zero-order valence-corrected chi connectivity index (χ0v) is 11.9. The molecule has 4 heteroatoms. The van der Waals surface area contributed by atoms with Crippen molar-refractivity contribution in [3.8, 4) is 11.8 Å². The fourth-order valence-electron chi connectivity index (χ4n) is 1.98. The van der Waals surface area contributed by atoms with Crippen molar-refractivity contribution < 1.29 is 9.13 Å². The third kappa shape index (κ3) is 4.22. The van der Waals surface area contributed by atoms with E-state index in [9.17, 15) is 4.39 Å². The minimum Gasteiger partial charge on any atom is -0.492 e. The average Bonchev–Trinajstić information content (AvgIpc) is 2.49. The molecule has 3 nitrogen and oxygen atoms in total. The molecule has 0 saturated carbocycles. The number of likely N-dealkylation sites (N-methyl/N-ethyl adjacent to an activating group) is 1. The molecule has 0 saturated heterocycles. The van der Waals surface area contributed by atoms with E-state index in [2.05, 4.69) is 6.07 Å². The minimum atomic E-state index is -0.235. The van der Waals surface area contributed by atoms with Crippen LogP contribution in [0.15, 0.2) is 48.5 Å². The molecule has 0 radical (unpaired) electrons.